The molecule has 1 aromatic rings. The minimum absolute atomic E-state index is 0.321. The van der Waals surface area contributed by atoms with Gasteiger partial charge in [-0.2, -0.15) is 0 Å². The number of benzene rings is 1. The van der Waals surface area contributed by atoms with E-state index in [1.165, 1.54) is 5.56 Å². The van der Waals surface area contributed by atoms with Crippen molar-refractivity contribution in [3.05, 3.63) is 34.3 Å². The molecule has 0 heterocycles. The van der Waals surface area contributed by atoms with Crippen LogP contribution < -0.4 is 0 Å². The first-order valence-electron chi connectivity index (χ1n) is 4.22. The fourth-order valence-corrected chi connectivity index (χ4v) is 1.62. The molecule has 0 spiro atoms. The monoisotopic (exact) mass is 277 g/mol. The zero-order valence-electron chi connectivity index (χ0n) is 7.52. The van der Waals surface area contributed by atoms with Crippen molar-refractivity contribution in [2.24, 2.45) is 0 Å². The minimum atomic E-state index is -2.44. The molecule has 1 unspecified atom stereocenters. The minimum Gasteiger partial charge on any atom is -0.133 e. The highest BCUT2D eigenvalue weighted by molar-refractivity contribution is 9.10. The highest BCUT2D eigenvalue weighted by Gasteiger charge is 2.10. The number of aryl methyl sites for hydroxylation is 1. The van der Waals surface area contributed by atoms with Crippen LogP contribution in [-0.2, 0) is 15.5 Å². The van der Waals surface area contributed by atoms with Crippen molar-refractivity contribution < 1.29 is 14.0 Å². The van der Waals surface area contributed by atoms with E-state index >= 15 is 0 Å². The van der Waals surface area contributed by atoms with E-state index in [1.54, 1.807) is 0 Å². The summed E-state index contributed by atoms with van der Waals surface area (Å²) in [6.07, 6.45) is 1.61. The summed E-state index contributed by atoms with van der Waals surface area (Å²) in [6, 6.07) is 7.98. The second-order valence-corrected chi connectivity index (χ2v) is 4.45. The van der Waals surface area contributed by atoms with E-state index < -0.39 is 8.25 Å². The van der Waals surface area contributed by atoms with Gasteiger partial charge in [0.2, 0.25) is 0 Å². The fourth-order valence-electron chi connectivity index (χ4n) is 1.07. The van der Waals surface area contributed by atoms with E-state index in [1.807, 2.05) is 24.3 Å². The van der Waals surface area contributed by atoms with Gasteiger partial charge in [0.15, 0.2) is 0 Å². The highest BCUT2D eigenvalue weighted by atomic mass is 79.9. The molecule has 1 rings (SSSR count). The standard InChI is InChI=1S/C9H10BrO3P/c10-9-5-3-8(4-6-9)2-1-7-13-14(11)12/h3-6H,1-2,7H2/p+1. The van der Waals surface area contributed by atoms with E-state index in [0.717, 1.165) is 17.3 Å². The largest absolute Gasteiger partial charge is 0.694 e. The van der Waals surface area contributed by atoms with Crippen LogP contribution in [0.2, 0.25) is 0 Å². The van der Waals surface area contributed by atoms with Crippen LogP contribution in [0.25, 0.3) is 0 Å². The lowest BCUT2D eigenvalue weighted by atomic mass is 10.1. The van der Waals surface area contributed by atoms with Gasteiger partial charge in [0.1, 0.15) is 6.61 Å². The average molecular weight is 278 g/mol. The van der Waals surface area contributed by atoms with Crippen LogP contribution in [0.15, 0.2) is 28.7 Å². The van der Waals surface area contributed by atoms with Crippen molar-refractivity contribution in [1.29, 1.82) is 0 Å². The first-order valence-corrected chi connectivity index (χ1v) is 6.14. The fraction of sp³-hybridized carbons (Fsp3) is 0.333. The lowest BCUT2D eigenvalue weighted by Crippen LogP contribution is -1.91. The quantitative estimate of drug-likeness (QED) is 0.665. The summed E-state index contributed by atoms with van der Waals surface area (Å²) in [5.41, 5.74) is 1.20. The Morgan fingerprint density at radius 2 is 2.00 bits per heavy atom. The Morgan fingerprint density at radius 1 is 1.36 bits per heavy atom. The molecule has 0 bridgehead atoms. The molecular weight excluding hydrogens is 267 g/mol. The van der Waals surface area contributed by atoms with Gasteiger partial charge in [0, 0.05) is 9.04 Å². The Labute approximate surface area is 92.2 Å². The van der Waals surface area contributed by atoms with Gasteiger partial charge in [-0.15, -0.1) is 9.42 Å². The maximum atomic E-state index is 10.2. The molecule has 0 aliphatic heterocycles. The van der Waals surface area contributed by atoms with E-state index in [9.17, 15) is 4.57 Å². The molecule has 0 amide bonds. The topological polar surface area (TPSA) is 46.5 Å². The van der Waals surface area contributed by atoms with Crippen LogP contribution in [0.3, 0.4) is 0 Å². The Hall–Kier alpha value is -0.280. The summed E-state index contributed by atoms with van der Waals surface area (Å²) in [4.78, 5) is 8.37. The lowest BCUT2D eigenvalue weighted by Gasteiger charge is -1.98. The Bertz CT molecular complexity index is 299. The van der Waals surface area contributed by atoms with Gasteiger partial charge in [-0.05, 0) is 30.5 Å². The summed E-state index contributed by atoms with van der Waals surface area (Å²) in [6.45, 7) is 0.321. The second-order valence-electron chi connectivity index (χ2n) is 2.80. The van der Waals surface area contributed by atoms with Crippen LogP contribution in [0.1, 0.15) is 12.0 Å². The average Bonchev–Trinajstić information content (AvgIpc) is 2.15. The third kappa shape index (κ3) is 4.82. The maximum absolute atomic E-state index is 10.2. The predicted molar refractivity (Wildman–Crippen MR) is 58.2 cm³/mol. The molecular formula is C9H11BrO3P+. The lowest BCUT2D eigenvalue weighted by molar-refractivity contribution is 0.277. The summed E-state index contributed by atoms with van der Waals surface area (Å²) < 4.78 is 15.8. The molecule has 0 fully saturated rings. The Balaban J connectivity index is 2.25. The van der Waals surface area contributed by atoms with Crippen LogP contribution in [0, 0.1) is 0 Å². The Kier molecular flexibility index (Phi) is 5.26. The molecule has 0 saturated heterocycles. The third-order valence-electron chi connectivity index (χ3n) is 1.72. The summed E-state index contributed by atoms with van der Waals surface area (Å²) >= 11 is 3.35. The number of halogens is 1. The molecule has 76 valence electrons. The number of hydrogen-bond donors (Lipinski definition) is 1. The molecule has 14 heavy (non-hydrogen) atoms. The molecule has 0 radical (unpaired) electrons. The maximum Gasteiger partial charge on any atom is 0.694 e. The second kappa shape index (κ2) is 6.25. The first kappa shape index (κ1) is 11.8. The molecule has 0 aliphatic carbocycles. The third-order valence-corrected chi connectivity index (χ3v) is 2.66. The molecule has 3 nitrogen and oxygen atoms in total. The van der Waals surface area contributed by atoms with Gasteiger partial charge < -0.3 is 0 Å². The zero-order chi connectivity index (χ0) is 10.4. The summed E-state index contributed by atoms with van der Waals surface area (Å²) in [5, 5.41) is 0. The van der Waals surface area contributed by atoms with Crippen molar-refractivity contribution in [3.63, 3.8) is 0 Å². The smallest absolute Gasteiger partial charge is 0.133 e. The van der Waals surface area contributed by atoms with Gasteiger partial charge in [0.25, 0.3) is 0 Å². The van der Waals surface area contributed by atoms with Crippen molar-refractivity contribution in [2.75, 3.05) is 6.61 Å². The van der Waals surface area contributed by atoms with E-state index in [0.29, 0.717) is 6.61 Å². The SMILES string of the molecule is O=[P+](O)OCCCc1ccc(Br)cc1. The number of rotatable bonds is 5. The van der Waals surface area contributed by atoms with E-state index in [-0.39, 0.29) is 0 Å². The van der Waals surface area contributed by atoms with E-state index in [4.69, 9.17) is 4.89 Å². The van der Waals surface area contributed by atoms with Crippen molar-refractivity contribution in [3.8, 4) is 0 Å². The Morgan fingerprint density at radius 3 is 2.57 bits per heavy atom. The summed E-state index contributed by atoms with van der Waals surface area (Å²) in [7, 11) is -2.44. The zero-order valence-corrected chi connectivity index (χ0v) is 10.0. The molecule has 0 aromatic heterocycles. The van der Waals surface area contributed by atoms with Crippen LogP contribution in [0.4, 0.5) is 0 Å². The van der Waals surface area contributed by atoms with Gasteiger partial charge in [-0.3, -0.25) is 0 Å². The molecule has 0 aliphatic rings. The molecule has 1 aromatic carbocycles. The van der Waals surface area contributed by atoms with Crippen LogP contribution >= 0.6 is 24.2 Å². The first-order chi connectivity index (χ1) is 6.68. The number of hydrogen-bond acceptors (Lipinski definition) is 2. The summed E-state index contributed by atoms with van der Waals surface area (Å²) in [5.74, 6) is 0. The van der Waals surface area contributed by atoms with E-state index in [2.05, 4.69) is 20.5 Å². The molecule has 1 N–H and O–H groups in total. The molecule has 0 saturated carbocycles. The van der Waals surface area contributed by atoms with Gasteiger partial charge >= 0.3 is 8.25 Å². The predicted octanol–water partition coefficient (Wildman–Crippen LogP) is 3.05. The molecule has 1 atom stereocenters. The van der Waals surface area contributed by atoms with Gasteiger partial charge in [-0.1, -0.05) is 28.1 Å². The normalized spacial score (nSPS) is 11.4. The van der Waals surface area contributed by atoms with Crippen molar-refractivity contribution in [1.82, 2.24) is 0 Å². The van der Waals surface area contributed by atoms with Crippen molar-refractivity contribution >= 4 is 24.2 Å². The van der Waals surface area contributed by atoms with Crippen LogP contribution in [0.5, 0.6) is 0 Å². The highest BCUT2D eigenvalue weighted by Crippen LogP contribution is 2.16. The molecule has 5 heteroatoms. The van der Waals surface area contributed by atoms with Gasteiger partial charge in [-0.25, -0.2) is 0 Å². The van der Waals surface area contributed by atoms with Gasteiger partial charge in [0.05, 0.1) is 0 Å². The van der Waals surface area contributed by atoms with Crippen molar-refractivity contribution in [2.45, 2.75) is 12.8 Å². The van der Waals surface area contributed by atoms with Crippen LogP contribution in [-0.4, -0.2) is 11.5 Å².